The van der Waals surface area contributed by atoms with Gasteiger partial charge in [0.15, 0.2) is 0 Å². The number of aromatic nitrogens is 2. The van der Waals surface area contributed by atoms with Crippen LogP contribution in [0.2, 0.25) is 0 Å². The predicted molar refractivity (Wildman–Crippen MR) is 81.6 cm³/mol. The van der Waals surface area contributed by atoms with Crippen molar-refractivity contribution in [2.45, 2.75) is 17.4 Å². The van der Waals surface area contributed by atoms with Crippen LogP contribution in [0.3, 0.4) is 0 Å². The molecule has 6 nitrogen and oxygen atoms in total. The number of halogens is 1. The standard InChI is InChI=1S/C15H18FN3O3S/c1-19-10-12(8-17-19)15-11(6-7-22-15)9-18-23(20,21)14-5-3-2-4-13(14)16/h2-5,8,10-11,15,18H,6-7,9H2,1H3/t11-,15+/m0/s1. The van der Waals surface area contributed by atoms with E-state index in [0.29, 0.717) is 6.61 Å². The first-order valence-corrected chi connectivity index (χ1v) is 8.80. The van der Waals surface area contributed by atoms with Gasteiger partial charge in [-0.2, -0.15) is 5.10 Å². The molecule has 124 valence electrons. The van der Waals surface area contributed by atoms with Gasteiger partial charge in [0.2, 0.25) is 10.0 Å². The minimum Gasteiger partial charge on any atom is -0.373 e. The highest BCUT2D eigenvalue weighted by Crippen LogP contribution is 2.34. The molecule has 1 aliphatic rings. The van der Waals surface area contributed by atoms with Crippen LogP contribution >= 0.6 is 0 Å². The Bertz CT molecular complexity index is 791. The maximum Gasteiger partial charge on any atom is 0.243 e. The van der Waals surface area contributed by atoms with Crippen molar-refractivity contribution in [1.29, 1.82) is 0 Å². The fraction of sp³-hybridized carbons (Fsp3) is 0.400. The predicted octanol–water partition coefficient (Wildman–Crippen LogP) is 1.62. The van der Waals surface area contributed by atoms with E-state index in [1.807, 2.05) is 13.2 Å². The van der Waals surface area contributed by atoms with E-state index in [-0.39, 0.29) is 23.5 Å². The molecule has 1 fully saturated rings. The monoisotopic (exact) mass is 339 g/mol. The maximum absolute atomic E-state index is 13.7. The van der Waals surface area contributed by atoms with Gasteiger partial charge in [-0.1, -0.05) is 12.1 Å². The third-order valence-corrected chi connectivity index (χ3v) is 5.39. The lowest BCUT2D eigenvalue weighted by Gasteiger charge is -2.18. The van der Waals surface area contributed by atoms with Gasteiger partial charge in [-0.25, -0.2) is 17.5 Å². The highest BCUT2D eigenvalue weighted by molar-refractivity contribution is 7.89. The van der Waals surface area contributed by atoms with Gasteiger partial charge in [0.1, 0.15) is 10.7 Å². The Morgan fingerprint density at radius 1 is 1.43 bits per heavy atom. The Hall–Kier alpha value is -1.77. The molecule has 0 aliphatic carbocycles. The summed E-state index contributed by atoms with van der Waals surface area (Å²) in [5, 5.41) is 4.11. The Kier molecular flexibility index (Phi) is 4.47. The second-order valence-electron chi connectivity index (χ2n) is 5.57. The highest BCUT2D eigenvalue weighted by Gasteiger charge is 2.32. The number of rotatable bonds is 5. The molecular formula is C15H18FN3O3S. The molecule has 8 heteroatoms. The lowest BCUT2D eigenvalue weighted by Crippen LogP contribution is -2.31. The lowest BCUT2D eigenvalue weighted by atomic mass is 9.98. The van der Waals surface area contributed by atoms with E-state index in [1.54, 1.807) is 10.9 Å². The molecule has 2 heterocycles. The van der Waals surface area contributed by atoms with Gasteiger partial charge < -0.3 is 4.74 Å². The summed E-state index contributed by atoms with van der Waals surface area (Å²) in [6.07, 6.45) is 4.11. The zero-order valence-electron chi connectivity index (χ0n) is 12.6. The number of nitrogens with one attached hydrogen (secondary N) is 1. The van der Waals surface area contributed by atoms with Crippen LogP contribution in [0, 0.1) is 11.7 Å². The fourth-order valence-corrected chi connectivity index (χ4v) is 3.93. The van der Waals surface area contributed by atoms with Gasteiger partial charge in [-0.15, -0.1) is 0 Å². The molecule has 0 spiro atoms. The Balaban J connectivity index is 1.71. The topological polar surface area (TPSA) is 73.2 Å². The van der Waals surface area contributed by atoms with Crippen molar-refractivity contribution in [1.82, 2.24) is 14.5 Å². The van der Waals surface area contributed by atoms with E-state index in [9.17, 15) is 12.8 Å². The van der Waals surface area contributed by atoms with Crippen molar-refractivity contribution in [3.63, 3.8) is 0 Å². The molecule has 0 radical (unpaired) electrons. The van der Waals surface area contributed by atoms with Crippen molar-refractivity contribution in [2.75, 3.05) is 13.2 Å². The normalized spacial score (nSPS) is 21.7. The van der Waals surface area contributed by atoms with Gasteiger partial charge in [-0.05, 0) is 18.6 Å². The van der Waals surface area contributed by atoms with Crippen LogP contribution in [0.5, 0.6) is 0 Å². The second-order valence-corrected chi connectivity index (χ2v) is 7.31. The zero-order chi connectivity index (χ0) is 16.4. The van der Waals surface area contributed by atoms with Gasteiger partial charge in [0.05, 0.1) is 12.3 Å². The smallest absolute Gasteiger partial charge is 0.243 e. The Morgan fingerprint density at radius 3 is 2.91 bits per heavy atom. The summed E-state index contributed by atoms with van der Waals surface area (Å²) in [5.41, 5.74) is 0.917. The summed E-state index contributed by atoms with van der Waals surface area (Å²) >= 11 is 0. The molecule has 0 saturated carbocycles. The molecule has 2 aromatic rings. The summed E-state index contributed by atoms with van der Waals surface area (Å²) in [6, 6.07) is 5.33. The molecular weight excluding hydrogens is 321 g/mol. The molecule has 23 heavy (non-hydrogen) atoms. The summed E-state index contributed by atoms with van der Waals surface area (Å²) in [7, 11) is -2.07. The van der Waals surface area contributed by atoms with E-state index in [0.717, 1.165) is 18.1 Å². The first-order valence-electron chi connectivity index (χ1n) is 7.32. The van der Waals surface area contributed by atoms with Gasteiger partial charge >= 0.3 is 0 Å². The van der Waals surface area contributed by atoms with Crippen LogP contribution in [-0.2, 0) is 21.8 Å². The average molecular weight is 339 g/mol. The molecule has 0 amide bonds. The minimum absolute atomic E-state index is 0.0132. The molecule has 1 aromatic carbocycles. The van der Waals surface area contributed by atoms with E-state index >= 15 is 0 Å². The van der Waals surface area contributed by atoms with Gasteiger partial charge in [0.25, 0.3) is 0 Å². The Labute approximate surface area is 134 Å². The number of benzene rings is 1. The number of ether oxygens (including phenoxy) is 1. The van der Waals surface area contributed by atoms with Crippen LogP contribution in [-0.4, -0.2) is 31.3 Å². The highest BCUT2D eigenvalue weighted by atomic mass is 32.2. The first kappa shape index (κ1) is 16.1. The van der Waals surface area contributed by atoms with Crippen molar-refractivity contribution < 1.29 is 17.5 Å². The first-order chi connectivity index (χ1) is 11.0. The number of sulfonamides is 1. The minimum atomic E-state index is -3.88. The largest absolute Gasteiger partial charge is 0.373 e. The molecule has 2 atom stereocenters. The average Bonchev–Trinajstić information content (AvgIpc) is 3.14. The van der Waals surface area contributed by atoms with Gasteiger partial charge in [0, 0.05) is 37.9 Å². The van der Waals surface area contributed by atoms with Crippen molar-refractivity contribution >= 4 is 10.0 Å². The van der Waals surface area contributed by atoms with Crippen LogP contribution in [0.1, 0.15) is 18.1 Å². The lowest BCUT2D eigenvalue weighted by molar-refractivity contribution is 0.0916. The van der Waals surface area contributed by atoms with E-state index < -0.39 is 15.8 Å². The van der Waals surface area contributed by atoms with Crippen LogP contribution in [0.4, 0.5) is 4.39 Å². The molecule has 1 N–H and O–H groups in total. The molecule has 1 saturated heterocycles. The quantitative estimate of drug-likeness (QED) is 0.898. The number of aryl methyl sites for hydroxylation is 1. The summed E-state index contributed by atoms with van der Waals surface area (Å²) in [6.45, 7) is 0.752. The molecule has 3 rings (SSSR count). The van der Waals surface area contributed by atoms with Crippen molar-refractivity contribution in [3.8, 4) is 0 Å². The van der Waals surface area contributed by atoms with E-state index in [2.05, 4.69) is 9.82 Å². The van der Waals surface area contributed by atoms with Crippen LogP contribution in [0.15, 0.2) is 41.6 Å². The summed E-state index contributed by atoms with van der Waals surface area (Å²) in [4.78, 5) is -0.336. The maximum atomic E-state index is 13.7. The van der Waals surface area contributed by atoms with Crippen LogP contribution < -0.4 is 4.72 Å². The Morgan fingerprint density at radius 2 is 2.22 bits per heavy atom. The molecule has 0 bridgehead atoms. The van der Waals surface area contributed by atoms with E-state index in [1.165, 1.54) is 18.2 Å². The fourth-order valence-electron chi connectivity index (χ4n) is 2.76. The molecule has 0 unspecified atom stereocenters. The SMILES string of the molecule is Cn1cc([C@@H]2OCC[C@H]2CNS(=O)(=O)c2ccccc2F)cn1. The third-order valence-electron chi connectivity index (χ3n) is 3.93. The molecule has 1 aromatic heterocycles. The van der Waals surface area contributed by atoms with Crippen molar-refractivity contribution in [2.24, 2.45) is 13.0 Å². The summed E-state index contributed by atoms with van der Waals surface area (Å²) < 4.78 is 48.0. The third kappa shape index (κ3) is 3.44. The van der Waals surface area contributed by atoms with Gasteiger partial charge in [-0.3, -0.25) is 4.68 Å². The summed E-state index contributed by atoms with van der Waals surface area (Å²) in [5.74, 6) is -0.771. The zero-order valence-corrected chi connectivity index (χ0v) is 13.5. The van der Waals surface area contributed by atoms with E-state index in [4.69, 9.17) is 4.74 Å². The number of hydrogen-bond acceptors (Lipinski definition) is 4. The molecule has 1 aliphatic heterocycles. The second kappa shape index (κ2) is 6.38. The number of nitrogens with zero attached hydrogens (tertiary/aromatic N) is 2. The number of hydrogen-bond donors (Lipinski definition) is 1. The van der Waals surface area contributed by atoms with Crippen LogP contribution in [0.25, 0.3) is 0 Å². The van der Waals surface area contributed by atoms with Crippen molar-refractivity contribution in [3.05, 3.63) is 48.0 Å².